The van der Waals surface area contributed by atoms with Crippen LogP contribution in [0.5, 0.6) is 5.75 Å². The molecule has 3 rings (SSSR count). The highest BCUT2D eigenvalue weighted by Gasteiger charge is 2.12. The summed E-state index contributed by atoms with van der Waals surface area (Å²) in [5.74, 6) is 0.780. The predicted molar refractivity (Wildman–Crippen MR) is 124 cm³/mol. The van der Waals surface area contributed by atoms with Crippen LogP contribution in [0.3, 0.4) is 0 Å². The molecule has 1 aromatic heterocycles. The van der Waals surface area contributed by atoms with Crippen LogP contribution in [0.4, 0.5) is 5.69 Å². The van der Waals surface area contributed by atoms with Gasteiger partial charge in [0.05, 0.1) is 12.8 Å². The standard InChI is InChI=1S/C23H26ClN5O2/c1-15-21(16(2)29(3)28-15)12-13-25-23(26-19-6-5-7-20(14-19)31-4)27-22(30)17-8-10-18(24)11-9-17/h5-11,14H,12-13H2,1-4H3,(H2,25,26,27,30). The monoisotopic (exact) mass is 439 g/mol. The van der Waals surface area contributed by atoms with Crippen LogP contribution in [0.1, 0.15) is 27.3 Å². The lowest BCUT2D eigenvalue weighted by Gasteiger charge is -2.13. The lowest BCUT2D eigenvalue weighted by atomic mass is 10.1. The first-order chi connectivity index (χ1) is 14.9. The Kier molecular flexibility index (Phi) is 7.31. The van der Waals surface area contributed by atoms with Crippen LogP contribution >= 0.6 is 11.6 Å². The molecule has 0 unspecified atom stereocenters. The van der Waals surface area contributed by atoms with Crippen molar-refractivity contribution in [3.05, 3.63) is 76.1 Å². The van der Waals surface area contributed by atoms with Crippen molar-refractivity contribution in [2.75, 3.05) is 19.0 Å². The molecule has 0 bridgehead atoms. The van der Waals surface area contributed by atoms with Gasteiger partial charge < -0.3 is 10.1 Å². The topological polar surface area (TPSA) is 80.5 Å². The van der Waals surface area contributed by atoms with Gasteiger partial charge in [-0.2, -0.15) is 5.10 Å². The smallest absolute Gasteiger partial charge is 0.257 e. The first-order valence-electron chi connectivity index (χ1n) is 9.89. The molecule has 0 radical (unpaired) electrons. The summed E-state index contributed by atoms with van der Waals surface area (Å²) < 4.78 is 7.14. The van der Waals surface area contributed by atoms with Crippen molar-refractivity contribution in [2.45, 2.75) is 20.3 Å². The molecule has 2 N–H and O–H groups in total. The van der Waals surface area contributed by atoms with Crippen molar-refractivity contribution in [2.24, 2.45) is 12.0 Å². The normalized spacial score (nSPS) is 11.3. The van der Waals surface area contributed by atoms with Crippen LogP contribution in [0.15, 0.2) is 53.5 Å². The number of guanidine groups is 1. The van der Waals surface area contributed by atoms with Crippen LogP contribution < -0.4 is 15.4 Å². The number of benzene rings is 2. The summed E-state index contributed by atoms with van der Waals surface area (Å²) >= 11 is 5.93. The van der Waals surface area contributed by atoms with Crippen LogP contribution in [-0.2, 0) is 13.5 Å². The molecule has 0 aliphatic heterocycles. The molecule has 0 aliphatic carbocycles. The van der Waals surface area contributed by atoms with E-state index in [0.717, 1.165) is 22.6 Å². The second kappa shape index (κ2) is 10.1. The van der Waals surface area contributed by atoms with Crippen molar-refractivity contribution >= 4 is 29.2 Å². The van der Waals surface area contributed by atoms with E-state index in [4.69, 9.17) is 16.3 Å². The average molecular weight is 440 g/mol. The molecule has 1 amide bonds. The van der Waals surface area contributed by atoms with E-state index in [1.807, 2.05) is 49.8 Å². The third-order valence-electron chi connectivity index (χ3n) is 4.96. The van der Waals surface area contributed by atoms with E-state index in [0.29, 0.717) is 35.3 Å². The summed E-state index contributed by atoms with van der Waals surface area (Å²) in [6.07, 6.45) is 0.714. The zero-order chi connectivity index (χ0) is 22.4. The Hall–Kier alpha value is -3.32. The van der Waals surface area contributed by atoms with Gasteiger partial charge in [-0.05, 0) is 62.2 Å². The molecule has 0 aliphatic rings. The summed E-state index contributed by atoms with van der Waals surface area (Å²) in [5, 5.41) is 11.1. The largest absolute Gasteiger partial charge is 0.497 e. The minimum absolute atomic E-state index is 0.278. The number of ether oxygens (including phenoxy) is 1. The Balaban J connectivity index is 1.79. The highest BCUT2D eigenvalue weighted by Crippen LogP contribution is 2.17. The molecular weight excluding hydrogens is 414 g/mol. The van der Waals surface area contributed by atoms with Crippen molar-refractivity contribution in [3.63, 3.8) is 0 Å². The number of aliphatic imine (C=N–C) groups is 1. The fourth-order valence-corrected chi connectivity index (χ4v) is 3.31. The molecule has 0 saturated carbocycles. The average Bonchev–Trinajstić information content (AvgIpc) is 3.00. The summed E-state index contributed by atoms with van der Waals surface area (Å²) in [6.45, 7) is 4.51. The number of rotatable bonds is 6. The number of hydrogen-bond acceptors (Lipinski definition) is 4. The fourth-order valence-electron chi connectivity index (χ4n) is 3.19. The molecule has 7 nitrogen and oxygen atoms in total. The highest BCUT2D eigenvalue weighted by atomic mass is 35.5. The lowest BCUT2D eigenvalue weighted by Crippen LogP contribution is -2.36. The van der Waals surface area contributed by atoms with E-state index in [9.17, 15) is 4.79 Å². The zero-order valence-electron chi connectivity index (χ0n) is 18.1. The minimum Gasteiger partial charge on any atom is -0.497 e. The molecule has 1 heterocycles. The van der Waals surface area contributed by atoms with Gasteiger partial charge in [-0.25, -0.2) is 0 Å². The number of methoxy groups -OCH3 is 1. The van der Waals surface area contributed by atoms with E-state index in [1.54, 1.807) is 31.4 Å². The zero-order valence-corrected chi connectivity index (χ0v) is 18.8. The number of carbonyl (C=O) groups is 1. The maximum absolute atomic E-state index is 12.7. The van der Waals surface area contributed by atoms with Gasteiger partial charge in [0.1, 0.15) is 5.75 Å². The van der Waals surface area contributed by atoms with Gasteiger partial charge >= 0.3 is 0 Å². The second-order valence-corrected chi connectivity index (χ2v) is 7.51. The summed E-state index contributed by atoms with van der Waals surface area (Å²) in [7, 11) is 3.53. The Morgan fingerprint density at radius 1 is 1.19 bits per heavy atom. The summed E-state index contributed by atoms with van der Waals surface area (Å²) in [4.78, 5) is 17.3. The minimum atomic E-state index is -0.278. The molecule has 162 valence electrons. The Morgan fingerprint density at radius 3 is 2.58 bits per heavy atom. The summed E-state index contributed by atoms with van der Waals surface area (Å²) in [6, 6.07) is 14.1. The van der Waals surface area contributed by atoms with Crippen molar-refractivity contribution in [1.29, 1.82) is 0 Å². The fraction of sp³-hybridized carbons (Fsp3) is 0.261. The van der Waals surface area contributed by atoms with Crippen LogP contribution in [0, 0.1) is 13.8 Å². The van der Waals surface area contributed by atoms with E-state index < -0.39 is 0 Å². The number of halogens is 1. The van der Waals surface area contributed by atoms with Crippen molar-refractivity contribution in [1.82, 2.24) is 15.1 Å². The number of aromatic nitrogens is 2. The van der Waals surface area contributed by atoms with Gasteiger partial charge in [0.2, 0.25) is 5.96 Å². The highest BCUT2D eigenvalue weighted by molar-refractivity contribution is 6.30. The second-order valence-electron chi connectivity index (χ2n) is 7.07. The van der Waals surface area contributed by atoms with Crippen LogP contribution in [0.2, 0.25) is 5.02 Å². The van der Waals surface area contributed by atoms with Gasteiger partial charge in [0.25, 0.3) is 5.91 Å². The number of anilines is 1. The molecule has 0 fully saturated rings. The quantitative estimate of drug-likeness (QED) is 0.447. The Labute approximate surface area is 187 Å². The number of hydrogen-bond donors (Lipinski definition) is 2. The molecule has 3 aromatic rings. The molecular formula is C23H26ClN5O2. The first-order valence-corrected chi connectivity index (χ1v) is 10.3. The number of carbonyl (C=O) groups excluding carboxylic acids is 1. The number of amides is 1. The maximum atomic E-state index is 12.7. The Morgan fingerprint density at radius 2 is 1.94 bits per heavy atom. The van der Waals surface area contributed by atoms with E-state index in [2.05, 4.69) is 20.7 Å². The molecule has 8 heteroatoms. The third-order valence-corrected chi connectivity index (χ3v) is 5.21. The molecule has 0 spiro atoms. The van der Waals surface area contributed by atoms with Crippen LogP contribution in [-0.4, -0.2) is 35.3 Å². The SMILES string of the molecule is COc1cccc(NC(=NCCc2c(C)nn(C)c2C)NC(=O)c2ccc(Cl)cc2)c1. The van der Waals surface area contributed by atoms with E-state index in [1.165, 1.54) is 0 Å². The van der Waals surface area contributed by atoms with E-state index >= 15 is 0 Å². The van der Waals surface area contributed by atoms with Gasteiger partial charge in [-0.1, -0.05) is 17.7 Å². The van der Waals surface area contributed by atoms with Crippen molar-refractivity contribution in [3.8, 4) is 5.75 Å². The summed E-state index contributed by atoms with van der Waals surface area (Å²) in [5.41, 5.74) is 4.51. The van der Waals surface area contributed by atoms with E-state index in [-0.39, 0.29) is 5.91 Å². The molecule has 0 atom stereocenters. The van der Waals surface area contributed by atoms with Gasteiger partial charge in [-0.3, -0.25) is 19.8 Å². The van der Waals surface area contributed by atoms with Crippen LogP contribution in [0.25, 0.3) is 0 Å². The van der Waals surface area contributed by atoms with Crippen molar-refractivity contribution < 1.29 is 9.53 Å². The van der Waals surface area contributed by atoms with Gasteiger partial charge in [0, 0.05) is 41.6 Å². The number of nitrogens with zero attached hydrogens (tertiary/aromatic N) is 3. The first kappa shape index (κ1) is 22.4. The number of aryl methyl sites for hydroxylation is 2. The third kappa shape index (κ3) is 5.86. The van der Waals surface area contributed by atoms with Gasteiger partial charge in [-0.15, -0.1) is 0 Å². The maximum Gasteiger partial charge on any atom is 0.257 e. The predicted octanol–water partition coefficient (Wildman–Crippen LogP) is 4.14. The lowest BCUT2D eigenvalue weighted by molar-refractivity contribution is 0.0977. The molecule has 2 aromatic carbocycles. The molecule has 0 saturated heterocycles. The Bertz CT molecular complexity index is 1090. The van der Waals surface area contributed by atoms with Gasteiger partial charge in [0.15, 0.2) is 0 Å². The molecule has 31 heavy (non-hydrogen) atoms. The number of nitrogens with one attached hydrogen (secondary N) is 2.